The molecule has 21 heavy (non-hydrogen) atoms. The summed E-state index contributed by atoms with van der Waals surface area (Å²) in [6, 6.07) is 5.29. The first-order chi connectivity index (χ1) is 9.88. The lowest BCUT2D eigenvalue weighted by molar-refractivity contribution is 0.0680. The third-order valence-electron chi connectivity index (χ3n) is 3.10. The molecule has 0 aliphatic carbocycles. The topological polar surface area (TPSA) is 76.5 Å². The third kappa shape index (κ3) is 3.52. The van der Waals surface area contributed by atoms with Gasteiger partial charge in [-0.15, -0.1) is 11.3 Å². The van der Waals surface area contributed by atoms with E-state index in [9.17, 15) is 9.59 Å². The standard InChI is InChI=1S/C15H18N2O3S/c1-9(2)17(7-12-5-4-10(3)20-12)15(19)13-6-11(8-21-13)14(16)18/h4-6,8-9H,7H2,1-3H3,(H2,16,18). The second-order valence-electron chi connectivity index (χ2n) is 5.10. The number of nitrogens with two attached hydrogens (primary N) is 1. The molecule has 2 aromatic rings. The van der Waals surface area contributed by atoms with Crippen molar-refractivity contribution in [2.45, 2.75) is 33.4 Å². The molecular formula is C15H18N2O3S. The minimum Gasteiger partial charge on any atom is -0.464 e. The zero-order valence-electron chi connectivity index (χ0n) is 12.3. The van der Waals surface area contributed by atoms with Crippen molar-refractivity contribution in [3.63, 3.8) is 0 Å². The van der Waals surface area contributed by atoms with E-state index in [1.165, 1.54) is 17.4 Å². The second-order valence-corrected chi connectivity index (χ2v) is 6.01. The van der Waals surface area contributed by atoms with Gasteiger partial charge >= 0.3 is 0 Å². The van der Waals surface area contributed by atoms with Crippen LogP contribution in [0.4, 0.5) is 0 Å². The second kappa shape index (κ2) is 6.13. The van der Waals surface area contributed by atoms with Gasteiger partial charge in [-0.2, -0.15) is 0 Å². The van der Waals surface area contributed by atoms with Crippen molar-refractivity contribution < 1.29 is 14.0 Å². The third-order valence-corrected chi connectivity index (χ3v) is 4.02. The Kier molecular flexibility index (Phi) is 4.47. The first kappa shape index (κ1) is 15.3. The van der Waals surface area contributed by atoms with Gasteiger partial charge < -0.3 is 15.1 Å². The molecular weight excluding hydrogens is 288 g/mol. The molecule has 0 unspecified atom stereocenters. The average molecular weight is 306 g/mol. The molecule has 6 heteroatoms. The number of furan rings is 1. The molecule has 2 heterocycles. The van der Waals surface area contributed by atoms with Crippen molar-refractivity contribution in [1.82, 2.24) is 4.90 Å². The summed E-state index contributed by atoms with van der Waals surface area (Å²) in [5.41, 5.74) is 5.58. The van der Waals surface area contributed by atoms with Gasteiger partial charge in [-0.25, -0.2) is 0 Å². The Morgan fingerprint density at radius 1 is 1.38 bits per heavy atom. The maximum absolute atomic E-state index is 12.6. The van der Waals surface area contributed by atoms with E-state index in [2.05, 4.69) is 0 Å². The van der Waals surface area contributed by atoms with Gasteiger partial charge in [0, 0.05) is 11.4 Å². The van der Waals surface area contributed by atoms with Crippen LogP contribution in [-0.4, -0.2) is 22.8 Å². The van der Waals surface area contributed by atoms with Crippen LogP contribution >= 0.6 is 11.3 Å². The number of amides is 2. The fraction of sp³-hybridized carbons (Fsp3) is 0.333. The van der Waals surface area contributed by atoms with Crippen molar-refractivity contribution in [2.24, 2.45) is 5.73 Å². The predicted molar refractivity (Wildman–Crippen MR) is 81.3 cm³/mol. The normalized spacial score (nSPS) is 10.9. The maximum Gasteiger partial charge on any atom is 0.264 e. The molecule has 0 saturated heterocycles. The molecule has 0 aliphatic heterocycles. The molecule has 0 aromatic carbocycles. The Hall–Kier alpha value is -2.08. The first-order valence-electron chi connectivity index (χ1n) is 6.63. The molecule has 2 rings (SSSR count). The van der Waals surface area contributed by atoms with Crippen molar-refractivity contribution in [2.75, 3.05) is 0 Å². The molecule has 0 bridgehead atoms. The van der Waals surface area contributed by atoms with Gasteiger partial charge in [0.15, 0.2) is 0 Å². The van der Waals surface area contributed by atoms with E-state index < -0.39 is 5.91 Å². The molecule has 2 amide bonds. The van der Waals surface area contributed by atoms with Crippen LogP contribution in [0.5, 0.6) is 0 Å². The lowest BCUT2D eigenvalue weighted by atomic mass is 10.2. The molecule has 5 nitrogen and oxygen atoms in total. The molecule has 0 atom stereocenters. The summed E-state index contributed by atoms with van der Waals surface area (Å²) < 4.78 is 5.53. The van der Waals surface area contributed by atoms with Gasteiger partial charge in [0.2, 0.25) is 5.91 Å². The van der Waals surface area contributed by atoms with Gasteiger partial charge in [-0.05, 0) is 39.0 Å². The fourth-order valence-corrected chi connectivity index (χ4v) is 2.80. The summed E-state index contributed by atoms with van der Waals surface area (Å²) in [7, 11) is 0. The van der Waals surface area contributed by atoms with Crippen LogP contribution in [0.3, 0.4) is 0 Å². The summed E-state index contributed by atoms with van der Waals surface area (Å²) in [5.74, 6) is 0.897. The Morgan fingerprint density at radius 3 is 2.57 bits per heavy atom. The van der Waals surface area contributed by atoms with Crippen molar-refractivity contribution in [3.05, 3.63) is 45.5 Å². The number of hydrogen-bond donors (Lipinski definition) is 1. The minimum atomic E-state index is -0.525. The van der Waals surface area contributed by atoms with Crippen LogP contribution in [0.1, 0.15) is 45.4 Å². The highest BCUT2D eigenvalue weighted by Crippen LogP contribution is 2.20. The van der Waals surface area contributed by atoms with E-state index >= 15 is 0 Å². The van der Waals surface area contributed by atoms with Crippen LogP contribution in [0.25, 0.3) is 0 Å². The largest absolute Gasteiger partial charge is 0.464 e. The maximum atomic E-state index is 12.6. The quantitative estimate of drug-likeness (QED) is 0.922. The molecule has 2 aromatic heterocycles. The van der Waals surface area contributed by atoms with Gasteiger partial charge in [0.25, 0.3) is 5.91 Å². The molecule has 0 saturated carbocycles. The molecule has 0 spiro atoms. The minimum absolute atomic E-state index is 0.0158. The zero-order chi connectivity index (χ0) is 15.6. The Bertz CT molecular complexity index is 657. The van der Waals surface area contributed by atoms with Gasteiger partial charge in [0.05, 0.1) is 17.0 Å². The number of hydrogen-bond acceptors (Lipinski definition) is 4. The molecule has 112 valence electrons. The number of primary amides is 1. The summed E-state index contributed by atoms with van der Waals surface area (Å²) in [6.07, 6.45) is 0. The van der Waals surface area contributed by atoms with Crippen LogP contribution in [-0.2, 0) is 6.54 Å². The van der Waals surface area contributed by atoms with Crippen LogP contribution in [0, 0.1) is 6.92 Å². The smallest absolute Gasteiger partial charge is 0.264 e. The zero-order valence-corrected chi connectivity index (χ0v) is 13.1. The van der Waals surface area contributed by atoms with Crippen LogP contribution < -0.4 is 5.73 Å². The van der Waals surface area contributed by atoms with Crippen molar-refractivity contribution >= 4 is 23.2 Å². The number of aryl methyl sites for hydroxylation is 1. The molecule has 0 fully saturated rings. The molecule has 0 radical (unpaired) electrons. The molecule has 2 N–H and O–H groups in total. The van der Waals surface area contributed by atoms with Gasteiger partial charge in [-0.3, -0.25) is 9.59 Å². The number of thiophene rings is 1. The number of rotatable bonds is 5. The van der Waals surface area contributed by atoms with E-state index in [1.54, 1.807) is 10.3 Å². The monoisotopic (exact) mass is 306 g/mol. The van der Waals surface area contributed by atoms with E-state index in [-0.39, 0.29) is 11.9 Å². The lowest BCUT2D eigenvalue weighted by Crippen LogP contribution is -2.35. The number of nitrogens with zero attached hydrogens (tertiary/aromatic N) is 1. The van der Waals surface area contributed by atoms with E-state index in [0.717, 1.165) is 11.5 Å². The SMILES string of the molecule is Cc1ccc(CN(C(=O)c2cc(C(N)=O)cs2)C(C)C)o1. The predicted octanol–water partition coefficient (Wildman–Crippen LogP) is 2.80. The van der Waals surface area contributed by atoms with Crippen molar-refractivity contribution in [3.8, 4) is 0 Å². The number of carbonyl (C=O) groups is 2. The summed E-state index contributed by atoms with van der Waals surface area (Å²) >= 11 is 1.22. The van der Waals surface area contributed by atoms with E-state index in [1.807, 2.05) is 32.9 Å². The summed E-state index contributed by atoms with van der Waals surface area (Å²) in [6.45, 7) is 6.14. The van der Waals surface area contributed by atoms with Gasteiger partial charge in [0.1, 0.15) is 11.5 Å². The lowest BCUT2D eigenvalue weighted by Gasteiger charge is -2.25. The Morgan fingerprint density at radius 2 is 2.10 bits per heavy atom. The highest BCUT2D eigenvalue weighted by molar-refractivity contribution is 7.12. The van der Waals surface area contributed by atoms with Crippen LogP contribution in [0.2, 0.25) is 0 Å². The average Bonchev–Trinajstić information content (AvgIpc) is 3.03. The Balaban J connectivity index is 2.20. The Labute approximate surface area is 127 Å². The highest BCUT2D eigenvalue weighted by Gasteiger charge is 2.22. The summed E-state index contributed by atoms with van der Waals surface area (Å²) in [4.78, 5) is 25.9. The number of carbonyl (C=O) groups excluding carboxylic acids is 2. The first-order valence-corrected chi connectivity index (χ1v) is 7.51. The van der Waals surface area contributed by atoms with Crippen LogP contribution in [0.15, 0.2) is 28.0 Å². The summed E-state index contributed by atoms with van der Waals surface area (Å²) in [5, 5.41) is 1.60. The van der Waals surface area contributed by atoms with E-state index in [4.69, 9.17) is 10.2 Å². The van der Waals surface area contributed by atoms with Crippen molar-refractivity contribution in [1.29, 1.82) is 0 Å². The molecule has 0 aliphatic rings. The van der Waals surface area contributed by atoms with E-state index in [0.29, 0.717) is 17.0 Å². The fourth-order valence-electron chi connectivity index (χ4n) is 1.95. The van der Waals surface area contributed by atoms with Gasteiger partial charge in [-0.1, -0.05) is 0 Å². The highest BCUT2D eigenvalue weighted by atomic mass is 32.1.